The van der Waals surface area contributed by atoms with Gasteiger partial charge in [-0.05, 0) is 18.6 Å². The lowest BCUT2D eigenvalue weighted by molar-refractivity contribution is 1.02. The summed E-state index contributed by atoms with van der Waals surface area (Å²) in [5, 5.41) is 0. The number of likely N-dealkylation sites (N-methyl/N-ethyl adjacent to an activating group) is 1. The molecular weight excluding hydrogens is 194 g/mol. The second-order valence-corrected chi connectivity index (χ2v) is 3.60. The van der Waals surface area contributed by atoms with Crippen molar-refractivity contribution >= 4 is 17.3 Å². The zero-order valence-corrected chi connectivity index (χ0v) is 9.46. The average Bonchev–Trinajstić information content (AvgIpc) is 2.18. The van der Waals surface area contributed by atoms with Crippen molar-refractivity contribution < 1.29 is 0 Å². The van der Waals surface area contributed by atoms with E-state index >= 15 is 0 Å². The third-order valence-corrected chi connectivity index (χ3v) is 2.34. The van der Waals surface area contributed by atoms with Crippen LogP contribution in [0.25, 0.3) is 0 Å². The Labute approximate surface area is 91.0 Å². The average molecular weight is 210 g/mol. The van der Waals surface area contributed by atoms with Gasteiger partial charge in [-0.1, -0.05) is 30.4 Å². The minimum Gasteiger partial charge on any atom is -0.371 e. The highest BCUT2D eigenvalue weighted by molar-refractivity contribution is 6.18. The zero-order valence-electron chi connectivity index (χ0n) is 8.70. The van der Waals surface area contributed by atoms with Gasteiger partial charge in [0.05, 0.1) is 0 Å². The second-order valence-electron chi connectivity index (χ2n) is 3.29. The summed E-state index contributed by atoms with van der Waals surface area (Å²) in [4.78, 5) is 2.21. The first-order valence-corrected chi connectivity index (χ1v) is 5.27. The van der Waals surface area contributed by atoms with Crippen LogP contribution in [0.2, 0.25) is 0 Å². The highest BCUT2D eigenvalue weighted by Gasteiger charge is 2.00. The van der Waals surface area contributed by atoms with Crippen molar-refractivity contribution in [1.82, 2.24) is 0 Å². The number of aryl methyl sites for hydroxylation is 1. The van der Waals surface area contributed by atoms with Crippen LogP contribution in [0.15, 0.2) is 36.4 Å². The Bertz CT molecular complexity index is 307. The number of anilines is 1. The summed E-state index contributed by atoms with van der Waals surface area (Å²) < 4.78 is 0. The molecule has 1 nitrogen and oxygen atoms in total. The molecule has 0 saturated carbocycles. The number of alkyl halides is 1. The van der Waals surface area contributed by atoms with Gasteiger partial charge in [0.25, 0.3) is 0 Å². The Morgan fingerprint density at radius 1 is 1.29 bits per heavy atom. The predicted octanol–water partition coefficient (Wildman–Crippen LogP) is 3.23. The molecule has 0 N–H and O–H groups in total. The minimum absolute atomic E-state index is 0.585. The summed E-state index contributed by atoms with van der Waals surface area (Å²) in [5.74, 6) is 0.585. The molecule has 0 aliphatic rings. The van der Waals surface area contributed by atoms with Crippen LogP contribution in [-0.2, 0) is 0 Å². The van der Waals surface area contributed by atoms with Crippen molar-refractivity contribution in [3.05, 3.63) is 42.0 Å². The molecule has 0 spiro atoms. The van der Waals surface area contributed by atoms with Gasteiger partial charge < -0.3 is 4.90 Å². The summed E-state index contributed by atoms with van der Waals surface area (Å²) in [6.45, 7) is 3.02. The van der Waals surface area contributed by atoms with Crippen LogP contribution in [-0.4, -0.2) is 19.5 Å². The first-order valence-electron chi connectivity index (χ1n) is 4.73. The fourth-order valence-electron chi connectivity index (χ4n) is 1.39. The number of hydrogen-bond acceptors (Lipinski definition) is 1. The Morgan fingerprint density at radius 2 is 2.00 bits per heavy atom. The summed E-state index contributed by atoms with van der Waals surface area (Å²) in [7, 11) is 2.08. The molecule has 0 saturated heterocycles. The monoisotopic (exact) mass is 209 g/mol. The third-order valence-electron chi connectivity index (χ3n) is 2.16. The first kappa shape index (κ1) is 11.1. The summed E-state index contributed by atoms with van der Waals surface area (Å²) in [5.41, 5.74) is 2.57. The Kier molecular flexibility index (Phi) is 4.54. The number of hydrogen-bond donors (Lipinski definition) is 0. The first-order chi connectivity index (χ1) is 6.75. The van der Waals surface area contributed by atoms with Crippen LogP contribution in [0, 0.1) is 6.92 Å². The summed E-state index contributed by atoms with van der Waals surface area (Å²) in [6.07, 6.45) is 4.05. The number of allylic oxidation sites excluding steroid dienone is 1. The molecule has 1 aromatic carbocycles. The van der Waals surface area contributed by atoms with Gasteiger partial charge in [0.2, 0.25) is 0 Å². The maximum Gasteiger partial charge on any atom is 0.0404 e. The molecule has 1 aromatic rings. The molecule has 76 valence electrons. The molecular formula is C12H16ClN. The van der Waals surface area contributed by atoms with Crippen LogP contribution in [0.4, 0.5) is 5.69 Å². The van der Waals surface area contributed by atoms with Crippen LogP contribution in [0.5, 0.6) is 0 Å². The smallest absolute Gasteiger partial charge is 0.0404 e. The standard InChI is InChI=1S/C12H16ClN/c1-11-7-3-4-8-12(11)14(2)10-6-5-9-13/h3-8H,9-10H2,1-2H3. The molecule has 0 bridgehead atoms. The van der Waals surface area contributed by atoms with Gasteiger partial charge in [-0.3, -0.25) is 0 Å². The minimum atomic E-state index is 0.585. The maximum absolute atomic E-state index is 5.56. The molecule has 0 aliphatic heterocycles. The van der Waals surface area contributed by atoms with Gasteiger partial charge in [0.1, 0.15) is 0 Å². The highest BCUT2D eigenvalue weighted by Crippen LogP contribution is 2.17. The number of benzene rings is 1. The maximum atomic E-state index is 5.56. The lowest BCUT2D eigenvalue weighted by Crippen LogP contribution is -2.17. The van der Waals surface area contributed by atoms with Crippen LogP contribution in [0.1, 0.15) is 5.56 Å². The van der Waals surface area contributed by atoms with Gasteiger partial charge in [0.15, 0.2) is 0 Å². The van der Waals surface area contributed by atoms with Crippen LogP contribution < -0.4 is 4.90 Å². The molecule has 1 rings (SSSR count). The van der Waals surface area contributed by atoms with E-state index in [1.54, 1.807) is 0 Å². The van der Waals surface area contributed by atoms with E-state index in [9.17, 15) is 0 Å². The van der Waals surface area contributed by atoms with E-state index in [2.05, 4.69) is 49.2 Å². The van der Waals surface area contributed by atoms with Crippen molar-refractivity contribution in [3.8, 4) is 0 Å². The summed E-state index contributed by atoms with van der Waals surface area (Å²) >= 11 is 5.56. The molecule has 0 aliphatic carbocycles. The van der Waals surface area contributed by atoms with Crippen molar-refractivity contribution in [1.29, 1.82) is 0 Å². The van der Waals surface area contributed by atoms with Gasteiger partial charge in [-0.2, -0.15) is 0 Å². The molecule has 0 heterocycles. The molecule has 0 radical (unpaired) electrons. The Morgan fingerprint density at radius 3 is 2.64 bits per heavy atom. The largest absolute Gasteiger partial charge is 0.371 e. The van der Waals surface area contributed by atoms with E-state index in [-0.39, 0.29) is 0 Å². The highest BCUT2D eigenvalue weighted by atomic mass is 35.5. The van der Waals surface area contributed by atoms with Gasteiger partial charge in [0, 0.05) is 25.2 Å². The van der Waals surface area contributed by atoms with Gasteiger partial charge >= 0.3 is 0 Å². The molecule has 0 aromatic heterocycles. The Balaban J connectivity index is 2.65. The SMILES string of the molecule is Cc1ccccc1N(C)CC=CCCl. The van der Waals surface area contributed by atoms with Crippen LogP contribution in [0.3, 0.4) is 0 Å². The van der Waals surface area contributed by atoms with E-state index in [0.29, 0.717) is 5.88 Å². The molecule has 14 heavy (non-hydrogen) atoms. The normalized spacial score (nSPS) is 10.8. The molecule has 0 amide bonds. The van der Waals surface area contributed by atoms with E-state index < -0.39 is 0 Å². The molecule has 0 atom stereocenters. The Hall–Kier alpha value is -0.950. The number of nitrogens with zero attached hydrogens (tertiary/aromatic N) is 1. The molecule has 2 heteroatoms. The van der Waals surface area contributed by atoms with E-state index in [1.807, 2.05) is 6.08 Å². The van der Waals surface area contributed by atoms with Gasteiger partial charge in [-0.25, -0.2) is 0 Å². The van der Waals surface area contributed by atoms with E-state index in [1.165, 1.54) is 11.3 Å². The van der Waals surface area contributed by atoms with Crippen molar-refractivity contribution in [2.24, 2.45) is 0 Å². The van der Waals surface area contributed by atoms with Crippen molar-refractivity contribution in [2.75, 3.05) is 24.4 Å². The topological polar surface area (TPSA) is 3.24 Å². The molecule has 0 unspecified atom stereocenters. The summed E-state index contributed by atoms with van der Waals surface area (Å²) in [6, 6.07) is 8.37. The number of rotatable bonds is 4. The lowest BCUT2D eigenvalue weighted by atomic mass is 10.2. The molecule has 0 fully saturated rings. The van der Waals surface area contributed by atoms with Crippen molar-refractivity contribution in [2.45, 2.75) is 6.92 Å². The van der Waals surface area contributed by atoms with Gasteiger partial charge in [-0.15, -0.1) is 11.6 Å². The van der Waals surface area contributed by atoms with E-state index in [0.717, 1.165) is 6.54 Å². The fraction of sp³-hybridized carbons (Fsp3) is 0.333. The zero-order chi connectivity index (χ0) is 10.4. The quantitative estimate of drug-likeness (QED) is 0.544. The van der Waals surface area contributed by atoms with Crippen molar-refractivity contribution in [3.63, 3.8) is 0 Å². The number of para-hydroxylation sites is 1. The predicted molar refractivity (Wildman–Crippen MR) is 64.3 cm³/mol. The third kappa shape index (κ3) is 3.08. The number of halogens is 1. The van der Waals surface area contributed by atoms with Crippen LogP contribution >= 0.6 is 11.6 Å². The lowest BCUT2D eigenvalue weighted by Gasteiger charge is -2.19. The second kappa shape index (κ2) is 5.71. The van der Waals surface area contributed by atoms with E-state index in [4.69, 9.17) is 11.6 Å². The fourth-order valence-corrected chi connectivity index (χ4v) is 1.51.